The average molecular weight is 772 g/mol. The van der Waals surface area contributed by atoms with E-state index in [0.717, 1.165) is 24.3 Å². The lowest BCUT2D eigenvalue weighted by molar-refractivity contribution is 0.415. The van der Waals surface area contributed by atoms with E-state index in [1.165, 1.54) is 64.8 Å². The monoisotopic (exact) mass is 770 g/mol. The van der Waals surface area contributed by atoms with Crippen LogP contribution in [-0.4, -0.2) is 21.4 Å². The predicted molar refractivity (Wildman–Crippen MR) is 198 cm³/mol. The first kappa shape index (κ1) is 38.2. The highest BCUT2D eigenvalue weighted by Gasteiger charge is 2.24. The lowest BCUT2D eigenvalue weighted by atomic mass is 9.97. The number of benzene rings is 4. The first-order valence-electron chi connectivity index (χ1n) is 15.7. The second kappa shape index (κ2) is 16.1. The van der Waals surface area contributed by atoms with E-state index < -0.39 is 28.8 Å². The summed E-state index contributed by atoms with van der Waals surface area (Å²) < 4.78 is 65.7. The van der Waals surface area contributed by atoms with Crippen LogP contribution in [0.3, 0.4) is 0 Å². The molecule has 6 rings (SSSR count). The van der Waals surface area contributed by atoms with Gasteiger partial charge in [-0.3, -0.25) is 9.59 Å². The van der Waals surface area contributed by atoms with E-state index >= 15 is 0 Å². The molecule has 0 aliphatic carbocycles. The van der Waals surface area contributed by atoms with Crippen molar-refractivity contribution in [2.24, 2.45) is 0 Å². The molecular weight excluding hydrogens is 743 g/mol. The molecule has 1 N–H and O–H groups in total. The van der Waals surface area contributed by atoms with E-state index in [9.17, 15) is 32.3 Å². The van der Waals surface area contributed by atoms with Gasteiger partial charge in [-0.25, -0.2) is 17.6 Å². The van der Waals surface area contributed by atoms with Gasteiger partial charge in [-0.15, -0.1) is 0 Å². The molecule has 0 radical (unpaired) electrons. The number of ether oxygens (including phenoxy) is 1. The number of halogens is 7. The molecule has 0 amide bonds. The third-order valence-electron chi connectivity index (χ3n) is 8.16. The molecule has 2 aromatic heterocycles. The van der Waals surface area contributed by atoms with Crippen LogP contribution in [0.1, 0.15) is 13.8 Å². The van der Waals surface area contributed by atoms with Crippen LogP contribution in [0.25, 0.3) is 44.8 Å². The molecule has 0 aliphatic heterocycles. The number of hydrogen-bond donors (Lipinski definition) is 1. The van der Waals surface area contributed by atoms with Crippen LogP contribution >= 0.6 is 34.8 Å². The van der Waals surface area contributed by atoms with Gasteiger partial charge >= 0.3 is 0 Å². The Morgan fingerprint density at radius 2 is 1.10 bits per heavy atom. The molecule has 0 atom stereocenters. The van der Waals surface area contributed by atoms with Crippen molar-refractivity contribution in [1.82, 2.24) is 9.13 Å². The molecule has 0 saturated carbocycles. The van der Waals surface area contributed by atoms with Crippen LogP contribution < -0.4 is 15.9 Å². The average Bonchev–Trinajstić information content (AvgIpc) is 3.11. The summed E-state index contributed by atoms with van der Waals surface area (Å²) in [5.74, 6) is -2.71. The first-order valence-corrected chi connectivity index (χ1v) is 16.8. The number of methoxy groups -OCH3 is 1. The molecule has 6 nitrogen and oxygen atoms in total. The van der Waals surface area contributed by atoms with Crippen molar-refractivity contribution in [2.45, 2.75) is 26.9 Å². The van der Waals surface area contributed by atoms with Gasteiger partial charge in [0.15, 0.2) is 0 Å². The van der Waals surface area contributed by atoms with Crippen molar-refractivity contribution in [2.75, 3.05) is 7.11 Å². The minimum atomic E-state index is -0.827. The highest BCUT2D eigenvalue weighted by atomic mass is 35.5. The van der Waals surface area contributed by atoms with E-state index in [4.69, 9.17) is 39.5 Å². The Morgan fingerprint density at radius 3 is 1.62 bits per heavy atom. The number of nitrogens with zero attached hydrogens (tertiary/aromatic N) is 2. The van der Waals surface area contributed by atoms with Crippen molar-refractivity contribution in [3.63, 3.8) is 0 Å². The van der Waals surface area contributed by atoms with Crippen molar-refractivity contribution in [1.29, 1.82) is 0 Å². The predicted octanol–water partition coefficient (Wildman–Crippen LogP) is 10.6. The second-order valence-corrected chi connectivity index (χ2v) is 12.4. The molecule has 2 heterocycles. The summed E-state index contributed by atoms with van der Waals surface area (Å²) in [7, 11) is 1.51. The van der Waals surface area contributed by atoms with Gasteiger partial charge in [0, 0.05) is 51.5 Å². The van der Waals surface area contributed by atoms with Gasteiger partial charge in [0.2, 0.25) is 0 Å². The van der Waals surface area contributed by atoms with Crippen LogP contribution in [0.4, 0.5) is 17.6 Å². The number of phenols is 1. The summed E-state index contributed by atoms with van der Waals surface area (Å²) in [5, 5.41) is 10.3. The summed E-state index contributed by atoms with van der Waals surface area (Å²) in [6, 6.07) is 20.4. The number of rotatable bonds is 7. The minimum absolute atomic E-state index is 0.00463. The normalized spacial score (nSPS) is 10.9. The molecule has 0 fully saturated rings. The van der Waals surface area contributed by atoms with Crippen molar-refractivity contribution < 1.29 is 27.4 Å². The van der Waals surface area contributed by atoms with Gasteiger partial charge in [0.05, 0.1) is 29.6 Å². The summed E-state index contributed by atoms with van der Waals surface area (Å²) in [4.78, 5) is 24.8. The zero-order valence-corrected chi connectivity index (χ0v) is 30.1. The number of aromatic nitrogens is 2. The van der Waals surface area contributed by atoms with Crippen LogP contribution in [0.5, 0.6) is 11.5 Å². The fraction of sp³-hybridized carbons (Fsp3) is 0.128. The van der Waals surface area contributed by atoms with Crippen LogP contribution in [0.2, 0.25) is 15.1 Å². The Balaban J connectivity index is 0.000000201. The van der Waals surface area contributed by atoms with E-state index in [2.05, 4.69) is 0 Å². The molecule has 268 valence electrons. The van der Waals surface area contributed by atoms with Gasteiger partial charge in [-0.1, -0.05) is 46.9 Å². The molecule has 0 bridgehead atoms. The highest BCUT2D eigenvalue weighted by Crippen LogP contribution is 2.41. The number of pyridine rings is 2. The molecule has 6 aromatic rings. The lowest BCUT2D eigenvalue weighted by Crippen LogP contribution is -2.23. The molecule has 52 heavy (non-hydrogen) atoms. The SMILES string of the molecule is CCn1c(-c2c(F)cccc2F)c(-c2cc(O)ccc2Cl)cc(Cl)c1=O.CCn1c(-c2c(F)cccc2F)c(-c2cc(OC)ccc2Cl)ccc1=O. The maximum Gasteiger partial charge on any atom is 0.269 e. The maximum absolute atomic E-state index is 14.5. The zero-order chi connectivity index (χ0) is 37.9. The molecule has 13 heteroatoms. The summed E-state index contributed by atoms with van der Waals surface area (Å²) >= 11 is 18.6. The fourth-order valence-corrected chi connectivity index (χ4v) is 6.44. The molecule has 4 aromatic carbocycles. The number of aromatic hydroxyl groups is 1. The summed E-state index contributed by atoms with van der Waals surface area (Å²) in [6.45, 7) is 3.78. The van der Waals surface area contributed by atoms with E-state index in [1.807, 2.05) is 0 Å². The standard InChI is InChI=1S/C20H16ClF2NO2.C19H13Cl2F2NO2/c1-3-24-18(25)10-8-13(14-11-12(26-2)7-9-15(14)21)20(24)19-16(22)5-4-6-17(19)23;1-2-24-18(17-15(22)4-3-5-16(17)23)12(9-14(21)19(24)26)11-8-10(25)6-7-13(11)20/h4-11H,3H2,1-2H3;3-9,25H,2H2,1H3. The zero-order valence-electron chi connectivity index (χ0n) is 27.8. The molecule has 0 spiro atoms. The smallest absolute Gasteiger partial charge is 0.269 e. The lowest BCUT2D eigenvalue weighted by Gasteiger charge is -2.19. The van der Waals surface area contributed by atoms with Crippen LogP contribution in [-0.2, 0) is 13.1 Å². The van der Waals surface area contributed by atoms with Gasteiger partial charge in [0.1, 0.15) is 39.8 Å². The highest BCUT2D eigenvalue weighted by molar-refractivity contribution is 6.34. The second-order valence-electron chi connectivity index (χ2n) is 11.2. The van der Waals surface area contributed by atoms with Gasteiger partial charge in [-0.05, 0) is 86.6 Å². The van der Waals surface area contributed by atoms with Crippen LogP contribution in [0, 0.1) is 23.3 Å². The maximum atomic E-state index is 14.5. The molecule has 0 aliphatic rings. The summed E-state index contributed by atoms with van der Waals surface area (Å²) in [5.41, 5.74) is 0.0916. The minimum Gasteiger partial charge on any atom is -0.508 e. The Labute approximate surface area is 310 Å². The third-order valence-corrected chi connectivity index (χ3v) is 9.09. The quantitative estimate of drug-likeness (QED) is 0.164. The summed E-state index contributed by atoms with van der Waals surface area (Å²) in [6.07, 6.45) is 0. The largest absolute Gasteiger partial charge is 0.508 e. The van der Waals surface area contributed by atoms with Crippen molar-refractivity contribution >= 4 is 34.8 Å². The topological polar surface area (TPSA) is 73.5 Å². The van der Waals surface area contributed by atoms with E-state index in [-0.39, 0.29) is 62.5 Å². The molecule has 0 unspecified atom stereocenters. The third kappa shape index (κ3) is 7.46. The van der Waals surface area contributed by atoms with E-state index in [1.54, 1.807) is 32.0 Å². The van der Waals surface area contributed by atoms with Crippen LogP contribution in [0.15, 0.2) is 101 Å². The van der Waals surface area contributed by atoms with Gasteiger partial charge in [-0.2, -0.15) is 0 Å². The first-order chi connectivity index (χ1) is 24.8. The van der Waals surface area contributed by atoms with Gasteiger partial charge < -0.3 is 19.0 Å². The fourth-order valence-electron chi connectivity index (χ4n) is 5.79. The molecular formula is C39H29Cl3F4N2O4. The van der Waals surface area contributed by atoms with E-state index in [0.29, 0.717) is 27.5 Å². The Bertz CT molecular complexity index is 2390. The number of phenolic OH excluding ortho intramolecular Hbond substituents is 1. The Hall–Kier alpha value is -5.03. The molecule has 0 saturated heterocycles. The Kier molecular flexibility index (Phi) is 11.8. The Morgan fingerprint density at radius 1 is 0.596 bits per heavy atom. The van der Waals surface area contributed by atoms with Crippen molar-refractivity contribution in [3.8, 4) is 56.3 Å². The van der Waals surface area contributed by atoms with Crippen molar-refractivity contribution in [3.05, 3.63) is 150 Å². The number of hydrogen-bond acceptors (Lipinski definition) is 4. The van der Waals surface area contributed by atoms with Gasteiger partial charge in [0.25, 0.3) is 11.1 Å².